The van der Waals surface area contributed by atoms with E-state index in [4.69, 9.17) is 0 Å². The predicted octanol–water partition coefficient (Wildman–Crippen LogP) is 0.938. The highest BCUT2D eigenvalue weighted by Crippen LogP contribution is 2.21. The Balaban J connectivity index is 1.72. The molecule has 3 rings (SSSR count). The van der Waals surface area contributed by atoms with Gasteiger partial charge in [0.05, 0.1) is 11.5 Å². The van der Waals surface area contributed by atoms with Crippen molar-refractivity contribution >= 4 is 21.7 Å². The van der Waals surface area contributed by atoms with Gasteiger partial charge >= 0.3 is 0 Å². The third kappa shape index (κ3) is 4.03. The van der Waals surface area contributed by atoms with Crippen molar-refractivity contribution in [2.45, 2.75) is 39.2 Å². The maximum Gasteiger partial charge on any atom is 0.270 e. The van der Waals surface area contributed by atoms with Gasteiger partial charge in [0.1, 0.15) is 5.69 Å². The van der Waals surface area contributed by atoms with Crippen LogP contribution in [0.15, 0.2) is 6.07 Å². The molecule has 1 N–H and O–H groups in total. The van der Waals surface area contributed by atoms with Crippen molar-refractivity contribution in [3.8, 4) is 0 Å². The van der Waals surface area contributed by atoms with Crippen LogP contribution in [-0.4, -0.2) is 54.9 Å². The Kier molecular flexibility index (Phi) is 4.76. The second-order valence-electron chi connectivity index (χ2n) is 6.94. The number of amides is 1. The molecule has 1 aromatic rings. The Morgan fingerprint density at radius 2 is 1.96 bits per heavy atom. The maximum absolute atomic E-state index is 12.4. The molecule has 0 aromatic carbocycles. The highest BCUT2D eigenvalue weighted by Gasteiger charge is 2.29. The molecule has 1 aromatic heterocycles. The van der Waals surface area contributed by atoms with E-state index in [1.54, 1.807) is 6.07 Å². The van der Waals surface area contributed by atoms with Gasteiger partial charge in [-0.3, -0.25) is 4.79 Å². The Bertz CT molecular complexity index is 727. The van der Waals surface area contributed by atoms with Crippen LogP contribution in [0.25, 0.3) is 0 Å². The van der Waals surface area contributed by atoms with Gasteiger partial charge in [-0.2, -0.15) is 0 Å². The van der Waals surface area contributed by atoms with Gasteiger partial charge in [-0.05, 0) is 38.2 Å². The average molecular weight is 352 g/mol. The van der Waals surface area contributed by atoms with E-state index in [2.05, 4.69) is 27.1 Å². The number of rotatable bonds is 3. The zero-order valence-electron chi connectivity index (χ0n) is 14.2. The third-order valence-corrected chi connectivity index (χ3v) is 6.48. The molecule has 2 saturated heterocycles. The molecule has 132 valence electrons. The van der Waals surface area contributed by atoms with E-state index in [0.717, 1.165) is 31.6 Å². The van der Waals surface area contributed by atoms with Crippen molar-refractivity contribution in [2.24, 2.45) is 5.92 Å². The summed E-state index contributed by atoms with van der Waals surface area (Å²) in [6.45, 7) is 5.87. The van der Waals surface area contributed by atoms with Crippen molar-refractivity contribution in [2.75, 3.05) is 29.5 Å². The predicted molar refractivity (Wildman–Crippen MR) is 91.9 cm³/mol. The van der Waals surface area contributed by atoms with Gasteiger partial charge in [0.15, 0.2) is 9.84 Å². The van der Waals surface area contributed by atoms with Crippen molar-refractivity contribution < 1.29 is 13.2 Å². The van der Waals surface area contributed by atoms with E-state index < -0.39 is 9.84 Å². The molecular weight excluding hydrogens is 328 g/mol. The summed E-state index contributed by atoms with van der Waals surface area (Å²) < 4.78 is 23.0. The summed E-state index contributed by atoms with van der Waals surface area (Å²) >= 11 is 0. The first-order chi connectivity index (χ1) is 11.3. The summed E-state index contributed by atoms with van der Waals surface area (Å²) in [6, 6.07) is 1.33. The van der Waals surface area contributed by atoms with Crippen LogP contribution < -0.4 is 10.2 Å². The van der Waals surface area contributed by atoms with Gasteiger partial charge in [0.2, 0.25) is 5.95 Å². The molecule has 0 aliphatic carbocycles. The number of carbonyl (C=O) groups excluding carboxylic acids is 1. The molecule has 3 heterocycles. The monoisotopic (exact) mass is 352 g/mol. The fourth-order valence-electron chi connectivity index (χ4n) is 3.19. The Hall–Kier alpha value is -1.70. The highest BCUT2D eigenvalue weighted by molar-refractivity contribution is 7.91. The second-order valence-corrected chi connectivity index (χ2v) is 9.17. The number of carbonyl (C=O) groups is 1. The van der Waals surface area contributed by atoms with Crippen molar-refractivity contribution in [3.05, 3.63) is 17.5 Å². The minimum Gasteiger partial charge on any atom is -0.347 e. The smallest absolute Gasteiger partial charge is 0.270 e. The number of piperidine rings is 1. The summed E-state index contributed by atoms with van der Waals surface area (Å²) in [5.74, 6) is 1.12. The van der Waals surface area contributed by atoms with Gasteiger partial charge in [-0.1, -0.05) is 6.92 Å². The molecule has 2 fully saturated rings. The number of sulfone groups is 1. The molecule has 0 radical (unpaired) electrons. The Labute approximate surface area is 142 Å². The van der Waals surface area contributed by atoms with Crippen LogP contribution >= 0.6 is 0 Å². The number of aryl methyl sites for hydroxylation is 1. The molecule has 7 nitrogen and oxygen atoms in total. The quantitative estimate of drug-likeness (QED) is 0.870. The van der Waals surface area contributed by atoms with E-state index in [-0.39, 0.29) is 23.5 Å². The first-order valence-electron chi connectivity index (χ1n) is 8.44. The molecule has 24 heavy (non-hydrogen) atoms. The van der Waals surface area contributed by atoms with Gasteiger partial charge in [0, 0.05) is 24.8 Å². The zero-order chi connectivity index (χ0) is 17.3. The van der Waals surface area contributed by atoms with E-state index >= 15 is 0 Å². The standard InChI is InChI=1S/C16H24N4O3S/c1-11-3-6-20(7-4-11)16-17-12(2)9-14(19-16)15(21)18-13-5-8-24(22,23)10-13/h9,11,13H,3-8,10H2,1-2H3,(H,18,21). The van der Waals surface area contributed by atoms with Crippen LogP contribution in [0.4, 0.5) is 5.95 Å². The lowest BCUT2D eigenvalue weighted by Gasteiger charge is -2.30. The SMILES string of the molecule is Cc1cc(C(=O)NC2CCS(=O)(=O)C2)nc(N2CCC(C)CC2)n1. The third-order valence-electron chi connectivity index (χ3n) is 4.71. The van der Waals surface area contributed by atoms with Crippen LogP contribution in [0.2, 0.25) is 0 Å². The highest BCUT2D eigenvalue weighted by atomic mass is 32.2. The van der Waals surface area contributed by atoms with Crippen molar-refractivity contribution in [1.29, 1.82) is 0 Å². The van der Waals surface area contributed by atoms with Gasteiger partial charge in [-0.25, -0.2) is 18.4 Å². The lowest BCUT2D eigenvalue weighted by Crippen LogP contribution is -2.37. The Morgan fingerprint density at radius 1 is 1.25 bits per heavy atom. The van der Waals surface area contributed by atoms with Gasteiger partial charge in [-0.15, -0.1) is 0 Å². The molecule has 2 aliphatic rings. The van der Waals surface area contributed by atoms with E-state index in [1.165, 1.54) is 0 Å². The number of aromatic nitrogens is 2. The zero-order valence-corrected chi connectivity index (χ0v) is 15.0. The number of nitrogens with one attached hydrogen (secondary N) is 1. The first kappa shape index (κ1) is 17.1. The summed E-state index contributed by atoms with van der Waals surface area (Å²) in [6.07, 6.45) is 2.66. The molecule has 1 amide bonds. The topological polar surface area (TPSA) is 92.3 Å². The first-order valence-corrected chi connectivity index (χ1v) is 10.3. The molecule has 1 atom stereocenters. The molecular formula is C16H24N4O3S. The average Bonchev–Trinajstić information content (AvgIpc) is 2.86. The number of anilines is 1. The lowest BCUT2D eigenvalue weighted by atomic mass is 10.00. The maximum atomic E-state index is 12.4. The summed E-state index contributed by atoms with van der Waals surface area (Å²) in [7, 11) is -3.02. The number of nitrogens with zero attached hydrogens (tertiary/aromatic N) is 3. The van der Waals surface area contributed by atoms with Crippen LogP contribution in [0.3, 0.4) is 0 Å². The largest absolute Gasteiger partial charge is 0.347 e. The molecule has 0 saturated carbocycles. The summed E-state index contributed by atoms with van der Waals surface area (Å²) in [4.78, 5) is 23.4. The summed E-state index contributed by atoms with van der Waals surface area (Å²) in [5, 5.41) is 2.79. The van der Waals surface area contributed by atoms with E-state index in [1.807, 2.05) is 6.92 Å². The van der Waals surface area contributed by atoms with Gasteiger partial charge in [0.25, 0.3) is 5.91 Å². The number of hydrogen-bond acceptors (Lipinski definition) is 6. The van der Waals surface area contributed by atoms with Crippen LogP contribution in [0, 0.1) is 12.8 Å². The van der Waals surface area contributed by atoms with Crippen molar-refractivity contribution in [1.82, 2.24) is 15.3 Å². The Morgan fingerprint density at radius 3 is 2.58 bits per heavy atom. The minimum absolute atomic E-state index is 0.0136. The van der Waals surface area contributed by atoms with Crippen molar-refractivity contribution in [3.63, 3.8) is 0 Å². The minimum atomic E-state index is -3.02. The number of hydrogen-bond donors (Lipinski definition) is 1. The molecule has 0 bridgehead atoms. The lowest BCUT2D eigenvalue weighted by molar-refractivity contribution is 0.0936. The fourth-order valence-corrected chi connectivity index (χ4v) is 4.86. The molecule has 1 unspecified atom stereocenters. The van der Waals surface area contributed by atoms with Crippen LogP contribution in [0.5, 0.6) is 0 Å². The van der Waals surface area contributed by atoms with Crippen LogP contribution in [-0.2, 0) is 9.84 Å². The van der Waals surface area contributed by atoms with Crippen LogP contribution in [0.1, 0.15) is 42.4 Å². The fraction of sp³-hybridized carbons (Fsp3) is 0.688. The molecule has 8 heteroatoms. The normalized spacial score (nSPS) is 24.1. The molecule has 0 spiro atoms. The second kappa shape index (κ2) is 6.66. The molecule has 2 aliphatic heterocycles. The van der Waals surface area contributed by atoms with E-state index in [9.17, 15) is 13.2 Å². The van der Waals surface area contributed by atoms with E-state index in [0.29, 0.717) is 24.0 Å². The van der Waals surface area contributed by atoms with Gasteiger partial charge < -0.3 is 10.2 Å². The summed E-state index contributed by atoms with van der Waals surface area (Å²) in [5.41, 5.74) is 1.04.